The monoisotopic (exact) mass is 305 g/mol. The van der Waals surface area contributed by atoms with Crippen LogP contribution in [-0.4, -0.2) is 4.99 Å². The van der Waals surface area contributed by atoms with Crippen molar-refractivity contribution in [3.63, 3.8) is 0 Å². The minimum atomic E-state index is 0.322. The van der Waals surface area contributed by atoms with Crippen LogP contribution in [0.2, 0.25) is 5.02 Å². The summed E-state index contributed by atoms with van der Waals surface area (Å²) in [6.45, 7) is 2.16. The number of hydrogen-bond acceptors (Lipinski definition) is 2. The van der Waals surface area contributed by atoms with Crippen LogP contribution in [0.3, 0.4) is 0 Å². The van der Waals surface area contributed by atoms with Crippen LogP contribution in [-0.2, 0) is 6.42 Å². The van der Waals surface area contributed by atoms with E-state index in [0.717, 1.165) is 24.2 Å². The van der Waals surface area contributed by atoms with E-state index in [2.05, 4.69) is 19.1 Å². The summed E-state index contributed by atoms with van der Waals surface area (Å²) in [5, 5.41) is 0.493. The van der Waals surface area contributed by atoms with Crippen molar-refractivity contribution in [3.05, 3.63) is 58.6 Å². The van der Waals surface area contributed by atoms with Crippen LogP contribution in [0.15, 0.2) is 42.5 Å². The summed E-state index contributed by atoms with van der Waals surface area (Å²) in [5.74, 6) is 1.35. The molecule has 2 rings (SSSR count). The topological polar surface area (TPSA) is 35.2 Å². The van der Waals surface area contributed by atoms with E-state index in [1.165, 1.54) is 5.56 Å². The van der Waals surface area contributed by atoms with Crippen molar-refractivity contribution in [2.45, 2.75) is 19.8 Å². The molecule has 4 heteroatoms. The van der Waals surface area contributed by atoms with E-state index in [9.17, 15) is 0 Å². The summed E-state index contributed by atoms with van der Waals surface area (Å²) in [5.41, 5.74) is 7.60. The van der Waals surface area contributed by atoms with Gasteiger partial charge in [0.05, 0.1) is 5.02 Å². The van der Waals surface area contributed by atoms with Crippen molar-refractivity contribution in [1.29, 1.82) is 0 Å². The van der Waals surface area contributed by atoms with E-state index in [1.54, 1.807) is 18.2 Å². The first kappa shape index (κ1) is 14.8. The molecule has 0 aromatic heterocycles. The summed E-state index contributed by atoms with van der Waals surface area (Å²) in [7, 11) is 0. The Hall–Kier alpha value is -1.58. The highest BCUT2D eigenvalue weighted by atomic mass is 35.5. The van der Waals surface area contributed by atoms with Gasteiger partial charge in [-0.15, -0.1) is 0 Å². The third kappa shape index (κ3) is 3.71. The van der Waals surface area contributed by atoms with Gasteiger partial charge in [0.15, 0.2) is 0 Å². The lowest BCUT2D eigenvalue weighted by atomic mass is 10.1. The molecule has 0 fully saturated rings. The molecule has 0 aliphatic carbocycles. The summed E-state index contributed by atoms with van der Waals surface area (Å²) < 4.78 is 5.76. The predicted molar refractivity (Wildman–Crippen MR) is 87.9 cm³/mol. The molecule has 0 atom stereocenters. The predicted octanol–water partition coefficient (Wildman–Crippen LogP) is 4.72. The number of hydrogen-bond donors (Lipinski definition) is 1. The fraction of sp³-hybridized carbons (Fsp3) is 0.188. The average molecular weight is 306 g/mol. The second kappa shape index (κ2) is 6.73. The van der Waals surface area contributed by atoms with Crippen molar-refractivity contribution in [2.24, 2.45) is 5.73 Å². The molecular formula is C16H16ClNOS. The maximum Gasteiger partial charge on any atom is 0.146 e. The highest BCUT2D eigenvalue weighted by Crippen LogP contribution is 2.30. The quantitative estimate of drug-likeness (QED) is 0.812. The van der Waals surface area contributed by atoms with E-state index in [0.29, 0.717) is 15.8 Å². The number of rotatable bonds is 5. The van der Waals surface area contributed by atoms with Gasteiger partial charge < -0.3 is 10.5 Å². The molecule has 0 radical (unpaired) electrons. The van der Waals surface area contributed by atoms with Crippen LogP contribution in [0.5, 0.6) is 11.5 Å². The normalized spacial score (nSPS) is 10.3. The first-order valence-corrected chi connectivity index (χ1v) is 7.25. The first-order chi connectivity index (χ1) is 9.60. The van der Waals surface area contributed by atoms with E-state index in [-0.39, 0.29) is 0 Å². The van der Waals surface area contributed by atoms with Crippen LogP contribution >= 0.6 is 23.8 Å². The summed E-state index contributed by atoms with van der Waals surface area (Å²) >= 11 is 11.1. The van der Waals surface area contributed by atoms with Gasteiger partial charge in [-0.05, 0) is 42.3 Å². The van der Waals surface area contributed by atoms with Gasteiger partial charge in [-0.2, -0.15) is 0 Å². The van der Waals surface area contributed by atoms with Gasteiger partial charge in [0.1, 0.15) is 16.5 Å². The zero-order chi connectivity index (χ0) is 14.5. The fourth-order valence-corrected chi connectivity index (χ4v) is 2.22. The number of thiocarbonyl (C=S) groups is 1. The van der Waals surface area contributed by atoms with E-state index < -0.39 is 0 Å². The summed E-state index contributed by atoms with van der Waals surface area (Å²) in [4.78, 5) is 0.322. The minimum Gasteiger partial charge on any atom is -0.456 e. The smallest absolute Gasteiger partial charge is 0.146 e. The summed E-state index contributed by atoms with van der Waals surface area (Å²) in [6.07, 6.45) is 2.20. The Morgan fingerprint density at radius 3 is 2.45 bits per heavy atom. The fourth-order valence-electron chi connectivity index (χ4n) is 1.88. The zero-order valence-corrected chi connectivity index (χ0v) is 12.8. The Kier molecular flexibility index (Phi) is 4.99. The van der Waals surface area contributed by atoms with Gasteiger partial charge >= 0.3 is 0 Å². The lowest BCUT2D eigenvalue weighted by molar-refractivity contribution is 0.482. The Morgan fingerprint density at radius 2 is 1.90 bits per heavy atom. The van der Waals surface area contributed by atoms with Crippen molar-refractivity contribution in [3.8, 4) is 11.5 Å². The molecule has 104 valence electrons. The lowest BCUT2D eigenvalue weighted by Gasteiger charge is -2.09. The molecular weight excluding hydrogens is 290 g/mol. The third-order valence-corrected chi connectivity index (χ3v) is 3.44. The lowest BCUT2D eigenvalue weighted by Crippen LogP contribution is -2.08. The van der Waals surface area contributed by atoms with Crippen molar-refractivity contribution in [2.75, 3.05) is 0 Å². The standard InChI is InChI=1S/C16H16ClNOS/c1-2-3-11-4-7-13(8-5-11)19-15-9-6-12(16(18)20)10-14(15)17/h4-10H,2-3H2,1H3,(H2,18,20). The molecule has 0 amide bonds. The molecule has 20 heavy (non-hydrogen) atoms. The molecule has 0 aliphatic heterocycles. The van der Waals surface area contributed by atoms with Crippen LogP contribution in [0, 0.1) is 0 Å². The number of nitrogens with two attached hydrogens (primary N) is 1. The van der Waals surface area contributed by atoms with Gasteiger partial charge in [-0.1, -0.05) is 49.3 Å². The highest BCUT2D eigenvalue weighted by Gasteiger charge is 2.06. The molecule has 0 heterocycles. The van der Waals surface area contributed by atoms with Crippen LogP contribution in [0.1, 0.15) is 24.5 Å². The highest BCUT2D eigenvalue weighted by molar-refractivity contribution is 7.80. The largest absolute Gasteiger partial charge is 0.456 e. The summed E-state index contributed by atoms with van der Waals surface area (Å²) in [6, 6.07) is 13.3. The van der Waals surface area contributed by atoms with Gasteiger partial charge in [-0.25, -0.2) is 0 Å². The van der Waals surface area contributed by atoms with Gasteiger partial charge in [0, 0.05) is 5.56 Å². The van der Waals surface area contributed by atoms with Crippen molar-refractivity contribution in [1.82, 2.24) is 0 Å². The molecule has 0 aliphatic rings. The maximum atomic E-state index is 6.16. The first-order valence-electron chi connectivity index (χ1n) is 6.46. The number of benzene rings is 2. The van der Waals surface area contributed by atoms with Gasteiger partial charge in [-0.3, -0.25) is 0 Å². The van der Waals surface area contributed by atoms with E-state index in [1.807, 2.05) is 12.1 Å². The Balaban J connectivity index is 2.15. The molecule has 2 aromatic carbocycles. The molecule has 0 saturated carbocycles. The molecule has 2 N–H and O–H groups in total. The molecule has 0 spiro atoms. The average Bonchev–Trinajstić information content (AvgIpc) is 2.43. The van der Waals surface area contributed by atoms with Crippen molar-refractivity contribution < 1.29 is 4.74 Å². The Labute approximate surface area is 129 Å². The van der Waals surface area contributed by atoms with E-state index >= 15 is 0 Å². The second-order valence-corrected chi connectivity index (χ2v) is 5.35. The number of aryl methyl sites for hydroxylation is 1. The number of halogens is 1. The van der Waals surface area contributed by atoms with Gasteiger partial charge in [0.25, 0.3) is 0 Å². The van der Waals surface area contributed by atoms with Crippen LogP contribution in [0.4, 0.5) is 0 Å². The third-order valence-electron chi connectivity index (χ3n) is 2.91. The maximum absolute atomic E-state index is 6.16. The van der Waals surface area contributed by atoms with Crippen LogP contribution in [0.25, 0.3) is 0 Å². The molecule has 2 nitrogen and oxygen atoms in total. The second-order valence-electron chi connectivity index (χ2n) is 4.51. The van der Waals surface area contributed by atoms with Crippen LogP contribution < -0.4 is 10.5 Å². The number of ether oxygens (including phenoxy) is 1. The van der Waals surface area contributed by atoms with E-state index in [4.69, 9.17) is 34.3 Å². The van der Waals surface area contributed by atoms with Crippen molar-refractivity contribution >= 4 is 28.8 Å². The molecule has 0 unspecified atom stereocenters. The molecule has 0 bridgehead atoms. The Morgan fingerprint density at radius 1 is 1.20 bits per heavy atom. The zero-order valence-electron chi connectivity index (χ0n) is 11.2. The minimum absolute atomic E-state index is 0.322. The van der Waals surface area contributed by atoms with Gasteiger partial charge in [0.2, 0.25) is 0 Å². The molecule has 0 saturated heterocycles. The SMILES string of the molecule is CCCc1ccc(Oc2ccc(C(N)=S)cc2Cl)cc1. The molecule has 2 aromatic rings. The Bertz CT molecular complexity index is 610.